The van der Waals surface area contributed by atoms with E-state index >= 15 is 0 Å². The van der Waals surface area contributed by atoms with Crippen LogP contribution in [0, 0.1) is 5.41 Å². The standard InChI is InChI=1S/C19H30N2O2.ClH/c1-5-15(12-14-10-8-7-9-11-14)21-17(22)19(20)13-16(23-6-2)18(19,3)4;/h7-11,15-16H,5-6,12-13,20H2,1-4H3,(H,21,22);1H. The van der Waals surface area contributed by atoms with Gasteiger partial charge in [-0.25, -0.2) is 0 Å². The largest absolute Gasteiger partial charge is 0.378 e. The quantitative estimate of drug-likeness (QED) is 0.790. The first kappa shape index (κ1) is 20.9. The molecule has 1 aromatic rings. The van der Waals surface area contributed by atoms with Crippen LogP contribution in [0.1, 0.15) is 46.1 Å². The Morgan fingerprint density at radius 3 is 2.46 bits per heavy atom. The van der Waals surface area contributed by atoms with Gasteiger partial charge in [-0.2, -0.15) is 0 Å². The number of nitrogens with one attached hydrogen (secondary N) is 1. The minimum Gasteiger partial charge on any atom is -0.378 e. The summed E-state index contributed by atoms with van der Waals surface area (Å²) in [6, 6.07) is 10.3. The number of amides is 1. The van der Waals surface area contributed by atoms with Crippen molar-refractivity contribution in [2.24, 2.45) is 11.1 Å². The lowest BCUT2D eigenvalue weighted by molar-refractivity contribution is -0.171. The first-order valence-electron chi connectivity index (χ1n) is 8.60. The summed E-state index contributed by atoms with van der Waals surface area (Å²) in [6.07, 6.45) is 2.35. The molecule has 2 rings (SSSR count). The van der Waals surface area contributed by atoms with Crippen LogP contribution in [0.4, 0.5) is 0 Å². The second-order valence-corrected chi connectivity index (χ2v) is 7.11. The topological polar surface area (TPSA) is 64.3 Å². The third kappa shape index (κ3) is 3.93. The van der Waals surface area contributed by atoms with Gasteiger partial charge in [0.15, 0.2) is 0 Å². The molecule has 0 radical (unpaired) electrons. The third-order valence-corrected chi connectivity index (χ3v) is 5.39. The second kappa shape index (κ2) is 8.32. The van der Waals surface area contributed by atoms with E-state index < -0.39 is 5.54 Å². The molecule has 0 spiro atoms. The van der Waals surface area contributed by atoms with Gasteiger partial charge in [-0.05, 0) is 25.3 Å². The Hall–Kier alpha value is -1.10. The Kier molecular flexibility index (Phi) is 7.26. The maximum atomic E-state index is 12.8. The van der Waals surface area contributed by atoms with E-state index in [1.54, 1.807) is 0 Å². The molecule has 0 aliphatic heterocycles. The van der Waals surface area contributed by atoms with Gasteiger partial charge in [-0.15, -0.1) is 12.4 Å². The van der Waals surface area contributed by atoms with Crippen molar-refractivity contribution >= 4 is 18.3 Å². The highest BCUT2D eigenvalue weighted by Crippen LogP contribution is 2.49. The molecular weight excluding hydrogens is 324 g/mol. The van der Waals surface area contributed by atoms with E-state index in [0.29, 0.717) is 13.0 Å². The third-order valence-electron chi connectivity index (χ3n) is 5.39. The van der Waals surface area contributed by atoms with Crippen LogP contribution >= 0.6 is 12.4 Å². The van der Waals surface area contributed by atoms with Crippen LogP contribution in [-0.4, -0.2) is 30.2 Å². The predicted molar refractivity (Wildman–Crippen MR) is 100 cm³/mol. The Morgan fingerprint density at radius 2 is 1.96 bits per heavy atom. The number of hydrogen-bond acceptors (Lipinski definition) is 3. The number of hydrogen-bond donors (Lipinski definition) is 2. The fraction of sp³-hybridized carbons (Fsp3) is 0.632. The highest BCUT2D eigenvalue weighted by Gasteiger charge is 2.62. The first-order valence-corrected chi connectivity index (χ1v) is 8.60. The van der Waals surface area contributed by atoms with Gasteiger partial charge in [0.2, 0.25) is 5.91 Å². The van der Waals surface area contributed by atoms with Crippen molar-refractivity contribution in [3.8, 4) is 0 Å². The van der Waals surface area contributed by atoms with E-state index in [4.69, 9.17) is 10.5 Å². The summed E-state index contributed by atoms with van der Waals surface area (Å²) >= 11 is 0. The van der Waals surface area contributed by atoms with Crippen LogP contribution in [0.15, 0.2) is 30.3 Å². The number of halogens is 1. The molecule has 1 aliphatic rings. The van der Waals surface area contributed by atoms with Crippen LogP contribution in [-0.2, 0) is 16.0 Å². The van der Waals surface area contributed by atoms with Crippen molar-refractivity contribution in [2.45, 2.75) is 64.6 Å². The number of nitrogens with two attached hydrogens (primary N) is 1. The lowest BCUT2D eigenvalue weighted by Crippen LogP contribution is -2.76. The molecule has 5 heteroatoms. The number of rotatable bonds is 7. The Balaban J connectivity index is 0.00000288. The van der Waals surface area contributed by atoms with Gasteiger partial charge in [0.1, 0.15) is 5.54 Å². The van der Waals surface area contributed by atoms with Crippen molar-refractivity contribution in [1.82, 2.24) is 5.32 Å². The molecule has 3 atom stereocenters. The average molecular weight is 355 g/mol. The summed E-state index contributed by atoms with van der Waals surface area (Å²) in [5.74, 6) is -0.0544. The van der Waals surface area contributed by atoms with Crippen molar-refractivity contribution in [1.29, 1.82) is 0 Å². The molecule has 0 aromatic heterocycles. The van der Waals surface area contributed by atoms with E-state index in [0.717, 1.165) is 12.8 Å². The second-order valence-electron chi connectivity index (χ2n) is 7.11. The molecule has 3 unspecified atom stereocenters. The molecule has 3 N–H and O–H groups in total. The molecule has 24 heavy (non-hydrogen) atoms. The molecule has 0 bridgehead atoms. The number of benzene rings is 1. The number of carbonyl (C=O) groups excluding carboxylic acids is 1. The molecule has 1 saturated carbocycles. The fourth-order valence-corrected chi connectivity index (χ4v) is 3.33. The SMILES string of the molecule is CCOC1CC(N)(C(=O)NC(CC)Cc2ccccc2)C1(C)C.Cl. The highest BCUT2D eigenvalue weighted by atomic mass is 35.5. The van der Waals surface area contributed by atoms with Crippen molar-refractivity contribution in [2.75, 3.05) is 6.61 Å². The van der Waals surface area contributed by atoms with E-state index in [1.165, 1.54) is 5.56 Å². The van der Waals surface area contributed by atoms with Gasteiger partial charge in [0.05, 0.1) is 6.10 Å². The minimum atomic E-state index is -0.850. The van der Waals surface area contributed by atoms with Gasteiger partial charge >= 0.3 is 0 Å². The van der Waals surface area contributed by atoms with Crippen LogP contribution in [0.25, 0.3) is 0 Å². The molecule has 4 nitrogen and oxygen atoms in total. The summed E-state index contributed by atoms with van der Waals surface area (Å²) in [6.45, 7) is 8.76. The van der Waals surface area contributed by atoms with Crippen LogP contribution < -0.4 is 11.1 Å². The molecule has 1 aromatic carbocycles. The monoisotopic (exact) mass is 354 g/mol. The van der Waals surface area contributed by atoms with Gasteiger partial charge < -0.3 is 15.8 Å². The molecule has 0 saturated heterocycles. The summed E-state index contributed by atoms with van der Waals surface area (Å²) in [4.78, 5) is 12.8. The molecule has 0 heterocycles. The van der Waals surface area contributed by atoms with Crippen LogP contribution in [0.5, 0.6) is 0 Å². The van der Waals surface area contributed by atoms with Crippen molar-refractivity contribution in [3.05, 3.63) is 35.9 Å². The fourth-order valence-electron chi connectivity index (χ4n) is 3.33. The zero-order valence-corrected chi connectivity index (χ0v) is 16.0. The number of ether oxygens (including phenoxy) is 1. The van der Waals surface area contributed by atoms with E-state index in [2.05, 4.69) is 24.4 Å². The zero-order valence-electron chi connectivity index (χ0n) is 15.2. The van der Waals surface area contributed by atoms with Crippen LogP contribution in [0.2, 0.25) is 0 Å². The molecule has 1 aliphatic carbocycles. The van der Waals surface area contributed by atoms with E-state index in [9.17, 15) is 4.79 Å². The minimum absolute atomic E-state index is 0. The Bertz CT molecular complexity index is 535. The lowest BCUT2D eigenvalue weighted by atomic mass is 9.54. The summed E-state index contributed by atoms with van der Waals surface area (Å²) < 4.78 is 5.71. The highest BCUT2D eigenvalue weighted by molar-refractivity contribution is 5.89. The van der Waals surface area contributed by atoms with Crippen LogP contribution in [0.3, 0.4) is 0 Å². The van der Waals surface area contributed by atoms with Crippen molar-refractivity contribution in [3.63, 3.8) is 0 Å². The molecule has 1 amide bonds. The maximum Gasteiger partial charge on any atom is 0.241 e. The predicted octanol–water partition coefficient (Wildman–Crippen LogP) is 3.08. The molecular formula is C19H31ClN2O2. The summed E-state index contributed by atoms with van der Waals surface area (Å²) in [5.41, 5.74) is 6.48. The first-order chi connectivity index (χ1) is 10.8. The number of carbonyl (C=O) groups is 1. The summed E-state index contributed by atoms with van der Waals surface area (Å²) in [5, 5.41) is 3.16. The van der Waals surface area contributed by atoms with Gasteiger partial charge in [0.25, 0.3) is 0 Å². The van der Waals surface area contributed by atoms with E-state index in [-0.39, 0.29) is 35.9 Å². The molecule has 1 fully saturated rings. The lowest BCUT2D eigenvalue weighted by Gasteiger charge is -2.57. The summed E-state index contributed by atoms with van der Waals surface area (Å²) in [7, 11) is 0. The Morgan fingerprint density at radius 1 is 1.33 bits per heavy atom. The van der Waals surface area contributed by atoms with E-state index in [1.807, 2.05) is 39.0 Å². The van der Waals surface area contributed by atoms with Crippen molar-refractivity contribution < 1.29 is 9.53 Å². The smallest absolute Gasteiger partial charge is 0.241 e. The average Bonchev–Trinajstić information content (AvgIpc) is 2.54. The van der Waals surface area contributed by atoms with Gasteiger partial charge in [-0.1, -0.05) is 51.1 Å². The van der Waals surface area contributed by atoms with Gasteiger partial charge in [-0.3, -0.25) is 4.79 Å². The Labute approximate surface area is 151 Å². The van der Waals surface area contributed by atoms with Gasteiger partial charge in [0, 0.05) is 24.5 Å². The maximum absolute atomic E-state index is 12.8. The zero-order chi connectivity index (χ0) is 17.1. The normalized spacial score (nSPS) is 26.0. The molecule has 136 valence electrons.